The summed E-state index contributed by atoms with van der Waals surface area (Å²) in [5.41, 5.74) is 0. The minimum Gasteiger partial charge on any atom is -0.454 e. The lowest BCUT2D eigenvalue weighted by molar-refractivity contribution is -0.149. The van der Waals surface area contributed by atoms with Gasteiger partial charge in [-0.2, -0.15) is 0 Å². The molecule has 2 atom stereocenters. The minimum atomic E-state index is -0.530. The summed E-state index contributed by atoms with van der Waals surface area (Å²) >= 11 is 1.20. The smallest absolute Gasteiger partial charge is 0.326 e. The highest BCUT2D eigenvalue weighted by Crippen LogP contribution is 2.23. The Morgan fingerprint density at radius 3 is 2.81 bits per heavy atom. The Hall–Kier alpha value is -1.24. The van der Waals surface area contributed by atoms with E-state index in [0.717, 1.165) is 19.3 Å². The molecule has 0 spiro atoms. The van der Waals surface area contributed by atoms with E-state index in [1.54, 1.807) is 0 Å². The van der Waals surface area contributed by atoms with Gasteiger partial charge in [0, 0.05) is 18.3 Å². The van der Waals surface area contributed by atoms with Crippen molar-refractivity contribution in [1.29, 1.82) is 0 Å². The van der Waals surface area contributed by atoms with Crippen molar-refractivity contribution in [1.82, 2.24) is 10.2 Å². The standard InChI is InChI=1S/C14H22N2O4S/c1-10-4-2-3-5-11(10)15-12(17)9-20-13(18)8-16-6-7-21-14(16)19/h10-11H,2-9H2,1H3,(H,15,17)/t10-,11-/m1/s1. The number of thioether (sulfide) groups is 1. The maximum Gasteiger partial charge on any atom is 0.326 e. The van der Waals surface area contributed by atoms with E-state index in [1.807, 2.05) is 0 Å². The first kappa shape index (κ1) is 16.1. The Morgan fingerprint density at radius 1 is 1.38 bits per heavy atom. The molecular formula is C14H22N2O4S. The molecule has 0 bridgehead atoms. The molecule has 0 aromatic carbocycles. The van der Waals surface area contributed by atoms with Crippen molar-refractivity contribution in [3.8, 4) is 0 Å². The molecular weight excluding hydrogens is 292 g/mol. The number of rotatable bonds is 5. The SMILES string of the molecule is C[C@@H]1CCCC[C@H]1NC(=O)COC(=O)CN1CCSC1=O. The van der Waals surface area contributed by atoms with Gasteiger partial charge in [0.2, 0.25) is 0 Å². The van der Waals surface area contributed by atoms with E-state index in [9.17, 15) is 14.4 Å². The van der Waals surface area contributed by atoms with Crippen LogP contribution >= 0.6 is 11.8 Å². The molecule has 2 amide bonds. The van der Waals surface area contributed by atoms with Gasteiger partial charge in [0.25, 0.3) is 11.1 Å². The Morgan fingerprint density at radius 2 is 2.14 bits per heavy atom. The van der Waals surface area contributed by atoms with E-state index in [-0.39, 0.29) is 30.3 Å². The molecule has 7 heteroatoms. The van der Waals surface area contributed by atoms with Crippen LogP contribution in [0.25, 0.3) is 0 Å². The zero-order chi connectivity index (χ0) is 15.2. The average Bonchev–Trinajstić information content (AvgIpc) is 2.85. The summed E-state index contributed by atoms with van der Waals surface area (Å²) in [5.74, 6) is 0.381. The topological polar surface area (TPSA) is 75.7 Å². The molecule has 21 heavy (non-hydrogen) atoms. The van der Waals surface area contributed by atoms with Gasteiger partial charge in [0.1, 0.15) is 6.54 Å². The second-order valence-corrected chi connectivity index (χ2v) is 6.68. The molecule has 2 fully saturated rings. The molecule has 1 saturated carbocycles. The molecule has 1 heterocycles. The molecule has 2 rings (SSSR count). The maximum atomic E-state index is 11.8. The van der Waals surface area contributed by atoms with Crippen molar-refractivity contribution in [3.63, 3.8) is 0 Å². The van der Waals surface area contributed by atoms with Crippen LogP contribution in [-0.2, 0) is 14.3 Å². The number of hydrogen-bond donors (Lipinski definition) is 1. The third-order valence-corrected chi connectivity index (χ3v) is 4.88. The van der Waals surface area contributed by atoms with Crippen molar-refractivity contribution >= 4 is 28.9 Å². The molecule has 118 valence electrons. The third-order valence-electron chi connectivity index (χ3n) is 3.99. The van der Waals surface area contributed by atoms with Gasteiger partial charge in [-0.1, -0.05) is 31.5 Å². The number of carbonyl (C=O) groups is 3. The number of nitrogens with zero attached hydrogens (tertiary/aromatic N) is 1. The van der Waals surface area contributed by atoms with Gasteiger partial charge in [0.05, 0.1) is 0 Å². The van der Waals surface area contributed by atoms with Crippen molar-refractivity contribution < 1.29 is 19.1 Å². The van der Waals surface area contributed by atoms with Crippen molar-refractivity contribution in [2.75, 3.05) is 25.4 Å². The molecule has 1 aliphatic heterocycles. The maximum absolute atomic E-state index is 11.8. The third kappa shape index (κ3) is 4.91. The van der Waals surface area contributed by atoms with Crippen molar-refractivity contribution in [2.45, 2.75) is 38.6 Å². The lowest BCUT2D eigenvalue weighted by Crippen LogP contribution is -2.43. The predicted molar refractivity (Wildman–Crippen MR) is 79.9 cm³/mol. The van der Waals surface area contributed by atoms with Crippen LogP contribution in [0.15, 0.2) is 0 Å². The highest BCUT2D eigenvalue weighted by Gasteiger charge is 2.25. The number of ether oxygens (including phenoxy) is 1. The van der Waals surface area contributed by atoms with Crippen LogP contribution in [0.4, 0.5) is 4.79 Å². The van der Waals surface area contributed by atoms with Crippen LogP contribution in [-0.4, -0.2) is 53.5 Å². The molecule has 0 aromatic heterocycles. The lowest BCUT2D eigenvalue weighted by Gasteiger charge is -2.29. The average molecular weight is 314 g/mol. The Kier molecular flexibility index (Phi) is 5.90. The quantitative estimate of drug-likeness (QED) is 0.776. The number of carbonyl (C=O) groups excluding carboxylic acids is 3. The fourth-order valence-electron chi connectivity index (χ4n) is 2.70. The van der Waals surface area contributed by atoms with Crippen LogP contribution in [0.1, 0.15) is 32.6 Å². The molecule has 6 nitrogen and oxygen atoms in total. The van der Waals surface area contributed by atoms with E-state index in [0.29, 0.717) is 18.2 Å². The van der Waals surface area contributed by atoms with Crippen LogP contribution in [0, 0.1) is 5.92 Å². The zero-order valence-corrected chi connectivity index (χ0v) is 13.1. The first-order chi connectivity index (χ1) is 10.1. The van der Waals surface area contributed by atoms with Gasteiger partial charge < -0.3 is 15.0 Å². The fourth-order valence-corrected chi connectivity index (χ4v) is 3.52. The summed E-state index contributed by atoms with van der Waals surface area (Å²) in [6.45, 7) is 2.35. The van der Waals surface area contributed by atoms with Gasteiger partial charge in [-0.25, -0.2) is 0 Å². The molecule has 1 N–H and O–H groups in total. The van der Waals surface area contributed by atoms with E-state index < -0.39 is 5.97 Å². The molecule has 1 saturated heterocycles. The van der Waals surface area contributed by atoms with Gasteiger partial charge in [-0.3, -0.25) is 14.4 Å². The van der Waals surface area contributed by atoms with Gasteiger partial charge in [-0.15, -0.1) is 0 Å². The predicted octanol–water partition coefficient (Wildman–Crippen LogP) is 1.39. The minimum absolute atomic E-state index is 0.0705. The van der Waals surface area contributed by atoms with Gasteiger partial charge in [0.15, 0.2) is 6.61 Å². The monoisotopic (exact) mass is 314 g/mol. The Balaban J connectivity index is 1.66. The molecule has 0 aromatic rings. The number of esters is 1. The lowest BCUT2D eigenvalue weighted by atomic mass is 9.86. The highest BCUT2D eigenvalue weighted by molar-refractivity contribution is 8.13. The number of nitrogens with one attached hydrogen (secondary N) is 1. The second kappa shape index (κ2) is 7.68. The fraction of sp³-hybridized carbons (Fsp3) is 0.786. The molecule has 1 aliphatic carbocycles. The van der Waals surface area contributed by atoms with E-state index in [1.165, 1.54) is 23.1 Å². The summed E-state index contributed by atoms with van der Waals surface area (Å²) in [7, 11) is 0. The first-order valence-electron chi connectivity index (χ1n) is 7.43. The van der Waals surface area contributed by atoms with Crippen LogP contribution in [0.3, 0.4) is 0 Å². The summed E-state index contributed by atoms with van der Waals surface area (Å²) in [6.07, 6.45) is 4.45. The summed E-state index contributed by atoms with van der Waals surface area (Å²) in [6, 6.07) is 0.182. The zero-order valence-electron chi connectivity index (χ0n) is 12.3. The molecule has 0 radical (unpaired) electrons. The van der Waals surface area contributed by atoms with Crippen molar-refractivity contribution in [2.24, 2.45) is 5.92 Å². The van der Waals surface area contributed by atoms with Crippen LogP contribution in [0.2, 0.25) is 0 Å². The van der Waals surface area contributed by atoms with E-state index >= 15 is 0 Å². The number of amides is 2. The van der Waals surface area contributed by atoms with Crippen LogP contribution in [0.5, 0.6) is 0 Å². The Labute approximate surface area is 129 Å². The molecule has 2 aliphatic rings. The second-order valence-electron chi connectivity index (χ2n) is 5.63. The van der Waals surface area contributed by atoms with E-state index in [2.05, 4.69) is 12.2 Å². The summed E-state index contributed by atoms with van der Waals surface area (Å²) in [4.78, 5) is 36.2. The highest BCUT2D eigenvalue weighted by atomic mass is 32.2. The molecule has 0 unspecified atom stereocenters. The summed E-state index contributed by atoms with van der Waals surface area (Å²) < 4.78 is 4.94. The van der Waals surface area contributed by atoms with Crippen LogP contribution < -0.4 is 5.32 Å². The van der Waals surface area contributed by atoms with E-state index in [4.69, 9.17) is 4.74 Å². The van der Waals surface area contributed by atoms with Gasteiger partial charge >= 0.3 is 5.97 Å². The largest absolute Gasteiger partial charge is 0.454 e. The van der Waals surface area contributed by atoms with Crippen molar-refractivity contribution in [3.05, 3.63) is 0 Å². The Bertz CT molecular complexity index is 416. The van der Waals surface area contributed by atoms with Gasteiger partial charge in [-0.05, 0) is 18.8 Å². The normalized spacial score (nSPS) is 25.8. The first-order valence-corrected chi connectivity index (χ1v) is 8.41. The summed E-state index contributed by atoms with van der Waals surface area (Å²) in [5, 5.41) is 2.82. The number of hydrogen-bond acceptors (Lipinski definition) is 5.